The van der Waals surface area contributed by atoms with Gasteiger partial charge in [-0.05, 0) is 38.0 Å². The zero-order chi connectivity index (χ0) is 12.5. The molecule has 1 heterocycles. The van der Waals surface area contributed by atoms with Crippen molar-refractivity contribution in [3.63, 3.8) is 0 Å². The topological polar surface area (TPSA) is 24.5 Å². The van der Waals surface area contributed by atoms with Gasteiger partial charge in [-0.15, -0.1) is 0 Å². The van der Waals surface area contributed by atoms with Crippen molar-refractivity contribution in [2.45, 2.75) is 12.8 Å². The Morgan fingerprint density at radius 1 is 1.06 bits per heavy atom. The van der Waals surface area contributed by atoms with E-state index in [4.69, 9.17) is 4.74 Å². The summed E-state index contributed by atoms with van der Waals surface area (Å²) in [5.41, 5.74) is 1.41. The summed E-state index contributed by atoms with van der Waals surface area (Å²) in [7, 11) is 0. The lowest BCUT2D eigenvalue weighted by molar-refractivity contribution is 0.0375. The number of hydrogen-bond acceptors (Lipinski definition) is 3. The predicted octanol–water partition coefficient (Wildman–Crippen LogP) is 1.54. The largest absolute Gasteiger partial charge is 0.379 e. The molecular formula is C15H24N2O. The van der Waals surface area contributed by atoms with Crippen LogP contribution in [0.1, 0.15) is 12.0 Å². The van der Waals surface area contributed by atoms with Gasteiger partial charge in [0, 0.05) is 13.1 Å². The minimum absolute atomic E-state index is 0.904. The maximum atomic E-state index is 5.34. The summed E-state index contributed by atoms with van der Waals surface area (Å²) in [4.78, 5) is 2.49. The second kappa shape index (κ2) is 8.25. The minimum Gasteiger partial charge on any atom is -0.379 e. The number of nitrogens with zero attached hydrogens (tertiary/aromatic N) is 1. The molecule has 0 bridgehead atoms. The van der Waals surface area contributed by atoms with Crippen LogP contribution in [0.3, 0.4) is 0 Å². The average molecular weight is 248 g/mol. The van der Waals surface area contributed by atoms with Gasteiger partial charge in [0.05, 0.1) is 13.2 Å². The molecule has 2 rings (SSSR count). The SMILES string of the molecule is c1ccc(CCNCCCN2CCOCC2)cc1. The molecule has 0 aromatic heterocycles. The highest BCUT2D eigenvalue weighted by Gasteiger charge is 2.08. The molecule has 3 nitrogen and oxygen atoms in total. The first-order valence-electron chi connectivity index (χ1n) is 7.00. The van der Waals surface area contributed by atoms with Crippen molar-refractivity contribution < 1.29 is 4.74 Å². The van der Waals surface area contributed by atoms with Crippen LogP contribution in [0.15, 0.2) is 30.3 Å². The van der Waals surface area contributed by atoms with Crippen LogP contribution in [-0.2, 0) is 11.2 Å². The maximum Gasteiger partial charge on any atom is 0.0594 e. The second-order valence-electron chi connectivity index (χ2n) is 4.79. The summed E-state index contributed by atoms with van der Waals surface area (Å²) in [5.74, 6) is 0. The molecule has 0 atom stereocenters. The van der Waals surface area contributed by atoms with E-state index in [2.05, 4.69) is 40.5 Å². The van der Waals surface area contributed by atoms with E-state index < -0.39 is 0 Å². The monoisotopic (exact) mass is 248 g/mol. The second-order valence-corrected chi connectivity index (χ2v) is 4.79. The smallest absolute Gasteiger partial charge is 0.0594 e. The quantitative estimate of drug-likeness (QED) is 0.741. The molecule has 1 saturated heterocycles. The van der Waals surface area contributed by atoms with Crippen LogP contribution in [0.2, 0.25) is 0 Å². The summed E-state index contributed by atoms with van der Waals surface area (Å²) in [6, 6.07) is 10.7. The third-order valence-electron chi connectivity index (χ3n) is 3.36. The van der Waals surface area contributed by atoms with Crippen LogP contribution in [0.25, 0.3) is 0 Å². The van der Waals surface area contributed by atoms with E-state index in [1.807, 2.05) is 0 Å². The van der Waals surface area contributed by atoms with E-state index in [1.54, 1.807) is 0 Å². The fraction of sp³-hybridized carbons (Fsp3) is 0.600. The Balaban J connectivity index is 1.46. The maximum absolute atomic E-state index is 5.34. The lowest BCUT2D eigenvalue weighted by Gasteiger charge is -2.26. The van der Waals surface area contributed by atoms with Crippen LogP contribution in [0.4, 0.5) is 0 Å². The molecule has 1 aromatic carbocycles. The van der Waals surface area contributed by atoms with Crippen LogP contribution < -0.4 is 5.32 Å². The Kier molecular flexibility index (Phi) is 6.20. The molecule has 0 saturated carbocycles. The molecule has 1 fully saturated rings. The summed E-state index contributed by atoms with van der Waals surface area (Å²) in [6.45, 7) is 7.40. The molecular weight excluding hydrogens is 224 g/mol. The van der Waals surface area contributed by atoms with Crippen LogP contribution >= 0.6 is 0 Å². The van der Waals surface area contributed by atoms with Gasteiger partial charge in [0.1, 0.15) is 0 Å². The predicted molar refractivity (Wildman–Crippen MR) is 74.9 cm³/mol. The van der Waals surface area contributed by atoms with E-state index in [0.717, 1.165) is 45.8 Å². The molecule has 1 N–H and O–H groups in total. The normalized spacial score (nSPS) is 16.9. The number of ether oxygens (including phenoxy) is 1. The summed E-state index contributed by atoms with van der Waals surface area (Å²) >= 11 is 0. The first kappa shape index (κ1) is 13.5. The van der Waals surface area contributed by atoms with Crippen LogP contribution in [0, 0.1) is 0 Å². The molecule has 0 amide bonds. The lowest BCUT2D eigenvalue weighted by Crippen LogP contribution is -2.37. The van der Waals surface area contributed by atoms with Crippen molar-refractivity contribution in [3.05, 3.63) is 35.9 Å². The summed E-state index contributed by atoms with van der Waals surface area (Å²) < 4.78 is 5.34. The first-order valence-corrected chi connectivity index (χ1v) is 7.00. The van der Waals surface area contributed by atoms with Gasteiger partial charge in [-0.2, -0.15) is 0 Å². The molecule has 0 aliphatic carbocycles. The number of rotatable bonds is 7. The molecule has 18 heavy (non-hydrogen) atoms. The van der Waals surface area contributed by atoms with Crippen molar-refractivity contribution in [2.24, 2.45) is 0 Å². The van der Waals surface area contributed by atoms with E-state index in [0.29, 0.717) is 0 Å². The average Bonchev–Trinajstić information content (AvgIpc) is 2.45. The molecule has 1 aliphatic heterocycles. The number of hydrogen-bond donors (Lipinski definition) is 1. The van der Waals surface area contributed by atoms with E-state index in [9.17, 15) is 0 Å². The van der Waals surface area contributed by atoms with E-state index in [-0.39, 0.29) is 0 Å². The highest BCUT2D eigenvalue weighted by molar-refractivity contribution is 5.14. The van der Waals surface area contributed by atoms with Crippen molar-refractivity contribution >= 4 is 0 Å². The Hall–Kier alpha value is -0.900. The third-order valence-corrected chi connectivity index (χ3v) is 3.36. The summed E-state index contributed by atoms with van der Waals surface area (Å²) in [6.07, 6.45) is 2.35. The van der Waals surface area contributed by atoms with E-state index in [1.165, 1.54) is 18.5 Å². The Morgan fingerprint density at radius 2 is 1.83 bits per heavy atom. The number of morpholine rings is 1. The van der Waals surface area contributed by atoms with Crippen molar-refractivity contribution in [2.75, 3.05) is 45.9 Å². The molecule has 100 valence electrons. The Morgan fingerprint density at radius 3 is 2.61 bits per heavy atom. The van der Waals surface area contributed by atoms with Gasteiger partial charge in [0.25, 0.3) is 0 Å². The Labute approximate surface area is 110 Å². The zero-order valence-corrected chi connectivity index (χ0v) is 11.1. The number of benzene rings is 1. The third kappa shape index (κ3) is 5.17. The van der Waals surface area contributed by atoms with Gasteiger partial charge in [-0.3, -0.25) is 4.90 Å². The molecule has 1 aliphatic rings. The van der Waals surface area contributed by atoms with Gasteiger partial charge >= 0.3 is 0 Å². The van der Waals surface area contributed by atoms with E-state index >= 15 is 0 Å². The van der Waals surface area contributed by atoms with Crippen molar-refractivity contribution in [1.82, 2.24) is 10.2 Å². The molecule has 3 heteroatoms. The zero-order valence-electron chi connectivity index (χ0n) is 11.1. The van der Waals surface area contributed by atoms with Crippen molar-refractivity contribution in [1.29, 1.82) is 0 Å². The minimum atomic E-state index is 0.904. The molecule has 0 spiro atoms. The summed E-state index contributed by atoms with van der Waals surface area (Å²) in [5, 5.41) is 3.52. The highest BCUT2D eigenvalue weighted by Crippen LogP contribution is 1.99. The van der Waals surface area contributed by atoms with Crippen LogP contribution in [-0.4, -0.2) is 50.8 Å². The Bertz CT molecular complexity index is 310. The van der Waals surface area contributed by atoms with Crippen LogP contribution in [0.5, 0.6) is 0 Å². The van der Waals surface area contributed by atoms with Crippen molar-refractivity contribution in [3.8, 4) is 0 Å². The van der Waals surface area contributed by atoms with Gasteiger partial charge in [-0.25, -0.2) is 0 Å². The molecule has 1 aromatic rings. The van der Waals surface area contributed by atoms with Gasteiger partial charge in [0.2, 0.25) is 0 Å². The number of nitrogens with one attached hydrogen (secondary N) is 1. The fourth-order valence-electron chi connectivity index (χ4n) is 2.25. The van der Waals surface area contributed by atoms with Gasteiger partial charge in [0.15, 0.2) is 0 Å². The van der Waals surface area contributed by atoms with Gasteiger partial charge < -0.3 is 10.1 Å². The lowest BCUT2D eigenvalue weighted by atomic mass is 10.1. The molecule has 0 radical (unpaired) electrons. The first-order chi connectivity index (χ1) is 8.95. The highest BCUT2D eigenvalue weighted by atomic mass is 16.5. The molecule has 0 unspecified atom stereocenters. The van der Waals surface area contributed by atoms with Gasteiger partial charge in [-0.1, -0.05) is 30.3 Å². The fourth-order valence-corrected chi connectivity index (χ4v) is 2.25. The standard InChI is InChI=1S/C15H24N2O/c1-2-5-15(6-3-1)7-9-16-8-4-10-17-11-13-18-14-12-17/h1-3,5-6,16H,4,7-14H2.